The van der Waals surface area contributed by atoms with Gasteiger partial charge in [0.2, 0.25) is 0 Å². The molecule has 0 bridgehead atoms. The summed E-state index contributed by atoms with van der Waals surface area (Å²) in [6, 6.07) is 12.6. The first-order chi connectivity index (χ1) is 24.6. The molecule has 1 unspecified atom stereocenters. The highest BCUT2D eigenvalue weighted by Crippen LogP contribution is 2.36. The molecule has 2 aromatic carbocycles. The second kappa shape index (κ2) is 23.3. The van der Waals surface area contributed by atoms with E-state index in [-0.39, 0.29) is 11.5 Å². The second-order valence-electron chi connectivity index (χ2n) is 13.9. The number of rotatable bonds is 22. The minimum atomic E-state index is -0.0517. The number of nitrogens with zero attached hydrogens (tertiary/aromatic N) is 4. The molecule has 51 heavy (non-hydrogen) atoms. The maximum atomic E-state index is 6.50. The number of allylic oxidation sites excluding steroid dienone is 3. The molecule has 0 N–H and O–H groups in total. The van der Waals surface area contributed by atoms with Gasteiger partial charge in [0.25, 0.3) is 0 Å². The molecule has 0 aliphatic carbocycles. The molecule has 0 saturated heterocycles. The van der Waals surface area contributed by atoms with Crippen molar-refractivity contribution in [2.45, 2.75) is 121 Å². The molecular formula is C44H72N4O3. The SMILES string of the molecule is C/C=C(\C=C/C(C)Oc1ccc(-c2nc3c(OCCCN(CC)CC)cc(OCCCN(CC)CC)cc3n2CCCC)cc1)C(C)(C)C.CC. The molecule has 7 heteroatoms. The Morgan fingerprint density at radius 2 is 1.41 bits per heavy atom. The van der Waals surface area contributed by atoms with Crippen LogP contribution in [0.4, 0.5) is 0 Å². The molecule has 0 saturated carbocycles. The number of unbranched alkanes of at least 4 members (excludes halogenated alkanes) is 1. The Kier molecular flexibility index (Phi) is 20.0. The van der Waals surface area contributed by atoms with E-state index in [0.29, 0.717) is 13.2 Å². The van der Waals surface area contributed by atoms with Crippen molar-refractivity contribution in [2.24, 2.45) is 5.41 Å². The Bertz CT molecular complexity index is 1440. The summed E-state index contributed by atoms with van der Waals surface area (Å²) in [6.07, 6.45) is 10.5. The molecule has 0 fully saturated rings. The molecule has 0 aliphatic rings. The van der Waals surface area contributed by atoms with Crippen molar-refractivity contribution < 1.29 is 14.2 Å². The lowest BCUT2D eigenvalue weighted by Gasteiger charge is -2.20. The molecule has 3 rings (SSSR count). The first-order valence-corrected chi connectivity index (χ1v) is 19.9. The van der Waals surface area contributed by atoms with Crippen molar-refractivity contribution in [2.75, 3.05) is 52.5 Å². The molecule has 0 amide bonds. The Hall–Kier alpha value is -3.29. The van der Waals surface area contributed by atoms with Gasteiger partial charge in [-0.3, -0.25) is 0 Å². The van der Waals surface area contributed by atoms with Crippen molar-refractivity contribution in [1.29, 1.82) is 0 Å². The fraction of sp³-hybridized carbons (Fsp3) is 0.614. The first kappa shape index (κ1) is 43.9. The lowest BCUT2D eigenvalue weighted by atomic mass is 9.86. The maximum absolute atomic E-state index is 6.50. The van der Waals surface area contributed by atoms with Crippen LogP contribution in [0.25, 0.3) is 22.4 Å². The van der Waals surface area contributed by atoms with Crippen LogP contribution in [0.2, 0.25) is 0 Å². The van der Waals surface area contributed by atoms with Crippen LogP contribution in [0.5, 0.6) is 17.2 Å². The number of aryl methyl sites for hydroxylation is 1. The second-order valence-corrected chi connectivity index (χ2v) is 13.9. The third-order valence-corrected chi connectivity index (χ3v) is 9.24. The number of benzene rings is 2. The fourth-order valence-corrected chi connectivity index (χ4v) is 6.11. The minimum absolute atomic E-state index is 0.0517. The van der Waals surface area contributed by atoms with E-state index in [9.17, 15) is 0 Å². The van der Waals surface area contributed by atoms with Crippen LogP contribution in [-0.2, 0) is 6.54 Å². The summed E-state index contributed by atoms with van der Waals surface area (Å²) < 4.78 is 21.5. The number of imidazole rings is 1. The largest absolute Gasteiger partial charge is 0.493 e. The van der Waals surface area contributed by atoms with Gasteiger partial charge in [-0.15, -0.1) is 0 Å². The molecule has 0 radical (unpaired) electrons. The summed E-state index contributed by atoms with van der Waals surface area (Å²) in [7, 11) is 0. The minimum Gasteiger partial charge on any atom is -0.493 e. The van der Waals surface area contributed by atoms with E-state index in [1.54, 1.807) is 0 Å². The predicted molar refractivity (Wildman–Crippen MR) is 220 cm³/mol. The van der Waals surface area contributed by atoms with Gasteiger partial charge in [0.05, 0.1) is 18.7 Å². The lowest BCUT2D eigenvalue weighted by Crippen LogP contribution is -2.25. The van der Waals surface area contributed by atoms with Crippen molar-refractivity contribution in [3.05, 3.63) is 60.2 Å². The van der Waals surface area contributed by atoms with E-state index in [4.69, 9.17) is 19.2 Å². The van der Waals surface area contributed by atoms with Crippen LogP contribution in [0, 0.1) is 5.41 Å². The number of aromatic nitrogens is 2. The highest BCUT2D eigenvalue weighted by Gasteiger charge is 2.19. The van der Waals surface area contributed by atoms with Crippen LogP contribution in [0.15, 0.2) is 60.2 Å². The van der Waals surface area contributed by atoms with Gasteiger partial charge in [0.15, 0.2) is 5.75 Å². The van der Waals surface area contributed by atoms with Gasteiger partial charge >= 0.3 is 0 Å². The van der Waals surface area contributed by atoms with Crippen molar-refractivity contribution in [3.63, 3.8) is 0 Å². The van der Waals surface area contributed by atoms with E-state index in [2.05, 4.69) is 132 Å². The molecule has 286 valence electrons. The molecule has 3 aromatic rings. The van der Waals surface area contributed by atoms with Crippen molar-refractivity contribution in [3.8, 4) is 28.6 Å². The Labute approximate surface area is 312 Å². The number of fused-ring (bicyclic) bond motifs is 1. The van der Waals surface area contributed by atoms with Gasteiger partial charge in [-0.2, -0.15) is 0 Å². The first-order valence-electron chi connectivity index (χ1n) is 19.9. The van der Waals surface area contributed by atoms with E-state index < -0.39 is 0 Å². The van der Waals surface area contributed by atoms with E-state index in [1.807, 2.05) is 19.9 Å². The molecule has 1 atom stereocenters. The Balaban J connectivity index is 0.00000442. The number of ether oxygens (including phenoxy) is 3. The zero-order valence-corrected chi connectivity index (χ0v) is 34.5. The van der Waals surface area contributed by atoms with Crippen molar-refractivity contribution >= 4 is 11.0 Å². The summed E-state index contributed by atoms with van der Waals surface area (Å²) >= 11 is 0. The Morgan fingerprint density at radius 1 is 0.824 bits per heavy atom. The summed E-state index contributed by atoms with van der Waals surface area (Å²) in [5.74, 6) is 3.42. The summed E-state index contributed by atoms with van der Waals surface area (Å²) in [5.41, 5.74) is 4.40. The zero-order valence-electron chi connectivity index (χ0n) is 34.5. The van der Waals surface area contributed by atoms with Crippen LogP contribution in [-0.4, -0.2) is 77.9 Å². The van der Waals surface area contributed by atoms with Gasteiger partial charge < -0.3 is 28.6 Å². The summed E-state index contributed by atoms with van der Waals surface area (Å²) in [4.78, 5) is 10.1. The summed E-state index contributed by atoms with van der Waals surface area (Å²) in [5, 5.41) is 0. The zero-order chi connectivity index (χ0) is 37.8. The predicted octanol–water partition coefficient (Wildman–Crippen LogP) is 11.1. The quantitative estimate of drug-likeness (QED) is 0.0766. The van der Waals surface area contributed by atoms with Gasteiger partial charge in [-0.1, -0.05) is 87.8 Å². The van der Waals surface area contributed by atoms with E-state index >= 15 is 0 Å². The van der Waals surface area contributed by atoms with Gasteiger partial charge in [-0.05, 0) is 101 Å². The smallest absolute Gasteiger partial charge is 0.150 e. The van der Waals surface area contributed by atoms with E-state index in [0.717, 1.165) is 111 Å². The number of hydrogen-bond acceptors (Lipinski definition) is 6. The highest BCUT2D eigenvalue weighted by atomic mass is 16.5. The van der Waals surface area contributed by atoms with E-state index in [1.165, 1.54) is 5.57 Å². The molecule has 0 aliphatic heterocycles. The third-order valence-electron chi connectivity index (χ3n) is 9.24. The standard InChI is InChI=1S/C42H66N4O3.C2H6/c1-11-17-28-46-38-31-37(47-29-18-26-44(13-3)14-4)32-39(48-30-19-27-45(15-5)16-6)40(38)43-41(46)34-21-24-36(25-22-34)49-33(7)20-23-35(12-2)42(8,9)10;1-2/h12,20-25,31-33H,11,13-19,26-30H2,1-10H3;1-2H3/b23-20-,35-12+;. The molecule has 7 nitrogen and oxygen atoms in total. The van der Waals surface area contributed by atoms with Gasteiger partial charge in [-0.25, -0.2) is 4.98 Å². The average molecular weight is 705 g/mol. The molecule has 0 spiro atoms. The number of hydrogen-bond donors (Lipinski definition) is 0. The van der Waals surface area contributed by atoms with Crippen molar-refractivity contribution in [1.82, 2.24) is 19.4 Å². The van der Waals surface area contributed by atoms with Gasteiger partial charge in [0, 0.05) is 37.3 Å². The monoisotopic (exact) mass is 705 g/mol. The van der Waals surface area contributed by atoms with Crippen LogP contribution < -0.4 is 14.2 Å². The lowest BCUT2D eigenvalue weighted by molar-refractivity contribution is 0.243. The molecular weight excluding hydrogens is 633 g/mol. The van der Waals surface area contributed by atoms with Crippen LogP contribution in [0.1, 0.15) is 109 Å². The third kappa shape index (κ3) is 14.0. The molecule has 1 aromatic heterocycles. The highest BCUT2D eigenvalue weighted by molar-refractivity contribution is 5.87. The molecule has 1 heterocycles. The fourth-order valence-electron chi connectivity index (χ4n) is 6.11. The van der Waals surface area contributed by atoms with Gasteiger partial charge in [0.1, 0.15) is 28.9 Å². The topological polar surface area (TPSA) is 52.0 Å². The summed E-state index contributed by atoms with van der Waals surface area (Å²) in [6.45, 7) is 34.4. The Morgan fingerprint density at radius 3 is 1.94 bits per heavy atom. The van der Waals surface area contributed by atoms with Crippen LogP contribution >= 0.6 is 0 Å². The van der Waals surface area contributed by atoms with Crippen LogP contribution in [0.3, 0.4) is 0 Å². The average Bonchev–Trinajstić information content (AvgIpc) is 3.50. The maximum Gasteiger partial charge on any atom is 0.150 e. The normalized spacial score (nSPS) is 12.9.